The highest BCUT2D eigenvalue weighted by atomic mass is 32.1. The highest BCUT2D eigenvalue weighted by molar-refractivity contribution is 7.13. The molecule has 0 aliphatic rings. The van der Waals surface area contributed by atoms with Crippen LogP contribution < -0.4 is 10.5 Å². The number of rotatable bonds is 4. The topological polar surface area (TPSA) is 48.1 Å². The van der Waals surface area contributed by atoms with E-state index in [0.29, 0.717) is 6.54 Å². The Morgan fingerprint density at radius 1 is 1.41 bits per heavy atom. The van der Waals surface area contributed by atoms with Gasteiger partial charge < -0.3 is 10.5 Å². The zero-order valence-corrected chi connectivity index (χ0v) is 10.8. The number of ether oxygens (including phenoxy) is 1. The molecule has 3 nitrogen and oxygen atoms in total. The summed E-state index contributed by atoms with van der Waals surface area (Å²) in [7, 11) is 0. The molecule has 0 aliphatic heterocycles. The summed E-state index contributed by atoms with van der Waals surface area (Å²) in [5.74, 6) is 0.877. The Bertz CT molecular complexity index is 494. The molecular formula is C13H16N2OS. The Labute approximate surface area is 105 Å². The minimum Gasteiger partial charge on any atom is -0.491 e. The van der Waals surface area contributed by atoms with Crippen LogP contribution in [0.4, 0.5) is 0 Å². The van der Waals surface area contributed by atoms with Crippen LogP contribution in [0.1, 0.15) is 19.5 Å². The molecule has 1 aromatic heterocycles. The Balaban J connectivity index is 2.26. The van der Waals surface area contributed by atoms with Gasteiger partial charge in [-0.2, -0.15) is 0 Å². The molecule has 0 saturated carbocycles. The predicted molar refractivity (Wildman–Crippen MR) is 71.2 cm³/mol. The van der Waals surface area contributed by atoms with E-state index in [2.05, 4.69) is 4.98 Å². The van der Waals surface area contributed by atoms with Gasteiger partial charge in [-0.15, -0.1) is 11.3 Å². The van der Waals surface area contributed by atoms with Gasteiger partial charge >= 0.3 is 0 Å². The lowest BCUT2D eigenvalue weighted by Crippen LogP contribution is -2.05. The number of hydrogen-bond donors (Lipinski definition) is 1. The fourth-order valence-corrected chi connectivity index (χ4v) is 2.34. The van der Waals surface area contributed by atoms with Gasteiger partial charge in [0, 0.05) is 17.5 Å². The third-order valence-electron chi connectivity index (χ3n) is 2.21. The maximum Gasteiger partial charge on any atom is 0.123 e. The molecule has 0 saturated heterocycles. The second-order valence-electron chi connectivity index (χ2n) is 4.04. The van der Waals surface area contributed by atoms with E-state index in [1.165, 1.54) is 0 Å². The van der Waals surface area contributed by atoms with Gasteiger partial charge in [0.05, 0.1) is 11.8 Å². The standard InChI is InChI=1S/C13H16N2OS/c1-9(2)16-12-5-3-4-10(6-12)13-15-11(7-14)8-17-13/h3-6,8-9H,7,14H2,1-2H3. The molecule has 0 aliphatic carbocycles. The smallest absolute Gasteiger partial charge is 0.123 e. The van der Waals surface area contributed by atoms with Gasteiger partial charge in [0.25, 0.3) is 0 Å². The van der Waals surface area contributed by atoms with E-state index in [9.17, 15) is 0 Å². The number of thiazole rings is 1. The second-order valence-corrected chi connectivity index (χ2v) is 4.90. The third kappa shape index (κ3) is 3.05. The third-order valence-corrected chi connectivity index (χ3v) is 3.15. The molecule has 1 aromatic carbocycles. The quantitative estimate of drug-likeness (QED) is 0.904. The molecule has 0 spiro atoms. The Kier molecular flexibility index (Phi) is 3.76. The SMILES string of the molecule is CC(C)Oc1cccc(-c2nc(CN)cs2)c1. The van der Waals surface area contributed by atoms with E-state index >= 15 is 0 Å². The van der Waals surface area contributed by atoms with Crippen molar-refractivity contribution in [1.82, 2.24) is 4.98 Å². The highest BCUT2D eigenvalue weighted by Gasteiger charge is 2.05. The largest absolute Gasteiger partial charge is 0.491 e. The van der Waals surface area contributed by atoms with Crippen molar-refractivity contribution in [3.63, 3.8) is 0 Å². The van der Waals surface area contributed by atoms with Crippen molar-refractivity contribution < 1.29 is 4.74 Å². The zero-order chi connectivity index (χ0) is 12.3. The first-order valence-electron chi connectivity index (χ1n) is 5.60. The van der Waals surface area contributed by atoms with E-state index in [4.69, 9.17) is 10.5 Å². The van der Waals surface area contributed by atoms with E-state index in [1.54, 1.807) is 11.3 Å². The number of aromatic nitrogens is 1. The Morgan fingerprint density at radius 3 is 2.88 bits per heavy atom. The average molecular weight is 248 g/mol. The van der Waals surface area contributed by atoms with Gasteiger partial charge in [-0.3, -0.25) is 0 Å². The molecule has 2 N–H and O–H groups in total. The summed E-state index contributed by atoms with van der Waals surface area (Å²) in [6.07, 6.45) is 0.182. The van der Waals surface area contributed by atoms with Crippen molar-refractivity contribution >= 4 is 11.3 Å². The molecule has 1 heterocycles. The molecule has 0 bridgehead atoms. The van der Waals surface area contributed by atoms with Crippen molar-refractivity contribution in [3.8, 4) is 16.3 Å². The summed E-state index contributed by atoms with van der Waals surface area (Å²) in [6.45, 7) is 4.52. The summed E-state index contributed by atoms with van der Waals surface area (Å²) in [5, 5.41) is 2.98. The zero-order valence-electron chi connectivity index (χ0n) is 10.0. The van der Waals surface area contributed by atoms with Gasteiger partial charge in [-0.1, -0.05) is 12.1 Å². The van der Waals surface area contributed by atoms with Crippen LogP contribution in [0.15, 0.2) is 29.6 Å². The van der Waals surface area contributed by atoms with Crippen LogP contribution in [-0.2, 0) is 6.54 Å². The Hall–Kier alpha value is -1.39. The van der Waals surface area contributed by atoms with Crippen LogP contribution in [0.2, 0.25) is 0 Å². The van der Waals surface area contributed by atoms with Crippen LogP contribution in [-0.4, -0.2) is 11.1 Å². The van der Waals surface area contributed by atoms with E-state index < -0.39 is 0 Å². The van der Waals surface area contributed by atoms with E-state index in [1.807, 2.05) is 43.5 Å². The molecule has 90 valence electrons. The van der Waals surface area contributed by atoms with Crippen LogP contribution in [0.5, 0.6) is 5.75 Å². The normalized spacial score (nSPS) is 10.8. The molecule has 4 heteroatoms. The van der Waals surface area contributed by atoms with Crippen LogP contribution in [0.3, 0.4) is 0 Å². The van der Waals surface area contributed by atoms with E-state index in [0.717, 1.165) is 22.0 Å². The number of nitrogens with two attached hydrogens (primary N) is 1. The Morgan fingerprint density at radius 2 is 2.24 bits per heavy atom. The molecule has 0 unspecified atom stereocenters. The van der Waals surface area contributed by atoms with Crippen LogP contribution in [0.25, 0.3) is 10.6 Å². The fraction of sp³-hybridized carbons (Fsp3) is 0.308. The molecule has 0 fully saturated rings. The summed E-state index contributed by atoms with van der Waals surface area (Å²) >= 11 is 1.61. The molecule has 0 radical (unpaired) electrons. The predicted octanol–water partition coefficient (Wildman–Crippen LogP) is 3.06. The summed E-state index contributed by atoms with van der Waals surface area (Å²) in [6, 6.07) is 7.99. The minimum absolute atomic E-state index is 0.182. The summed E-state index contributed by atoms with van der Waals surface area (Å²) in [5.41, 5.74) is 7.56. The van der Waals surface area contributed by atoms with Crippen molar-refractivity contribution in [1.29, 1.82) is 0 Å². The van der Waals surface area contributed by atoms with Crippen LogP contribution >= 0.6 is 11.3 Å². The molecule has 0 amide bonds. The monoisotopic (exact) mass is 248 g/mol. The molecular weight excluding hydrogens is 232 g/mol. The molecule has 17 heavy (non-hydrogen) atoms. The maximum absolute atomic E-state index is 5.66. The van der Waals surface area contributed by atoms with Crippen molar-refractivity contribution in [2.24, 2.45) is 5.73 Å². The minimum atomic E-state index is 0.182. The van der Waals surface area contributed by atoms with Crippen molar-refractivity contribution in [3.05, 3.63) is 35.3 Å². The summed E-state index contributed by atoms with van der Waals surface area (Å²) in [4.78, 5) is 4.46. The lowest BCUT2D eigenvalue weighted by atomic mass is 10.2. The molecule has 2 aromatic rings. The van der Waals surface area contributed by atoms with Crippen molar-refractivity contribution in [2.75, 3.05) is 0 Å². The van der Waals surface area contributed by atoms with Gasteiger partial charge in [0.15, 0.2) is 0 Å². The molecule has 0 atom stereocenters. The molecule has 2 rings (SSSR count). The summed E-state index contributed by atoms with van der Waals surface area (Å²) < 4.78 is 5.66. The van der Waals surface area contributed by atoms with E-state index in [-0.39, 0.29) is 6.10 Å². The first kappa shape index (κ1) is 12.1. The fourth-order valence-electron chi connectivity index (χ4n) is 1.51. The second kappa shape index (κ2) is 5.29. The maximum atomic E-state index is 5.66. The lowest BCUT2D eigenvalue weighted by molar-refractivity contribution is 0.242. The average Bonchev–Trinajstić information content (AvgIpc) is 2.77. The van der Waals surface area contributed by atoms with Gasteiger partial charge in [0.1, 0.15) is 10.8 Å². The first-order chi connectivity index (χ1) is 8.19. The van der Waals surface area contributed by atoms with Crippen LogP contribution in [0, 0.1) is 0 Å². The highest BCUT2D eigenvalue weighted by Crippen LogP contribution is 2.27. The van der Waals surface area contributed by atoms with Crippen molar-refractivity contribution in [2.45, 2.75) is 26.5 Å². The van der Waals surface area contributed by atoms with Gasteiger partial charge in [-0.05, 0) is 26.0 Å². The number of nitrogens with zero attached hydrogens (tertiary/aromatic N) is 1. The lowest BCUT2D eigenvalue weighted by Gasteiger charge is -2.09. The first-order valence-corrected chi connectivity index (χ1v) is 6.48. The van der Waals surface area contributed by atoms with Gasteiger partial charge in [0.2, 0.25) is 0 Å². The number of hydrogen-bond acceptors (Lipinski definition) is 4. The number of benzene rings is 1. The van der Waals surface area contributed by atoms with Gasteiger partial charge in [-0.25, -0.2) is 4.98 Å².